The number of pyridine rings is 1. The second-order valence-electron chi connectivity index (χ2n) is 8.01. The SMILES string of the molecule is CN=C(NCC(c1ccccc1)N1CCCC1)NC1CCN(c2ncccc2Cl)C1.I. The van der Waals surface area contributed by atoms with E-state index in [4.69, 9.17) is 11.6 Å². The Kier molecular flexibility index (Phi) is 9.22. The Morgan fingerprint density at radius 3 is 2.65 bits per heavy atom. The van der Waals surface area contributed by atoms with E-state index in [-0.39, 0.29) is 24.0 Å². The number of anilines is 1. The average molecular weight is 555 g/mol. The highest BCUT2D eigenvalue weighted by Crippen LogP contribution is 2.26. The Balaban J connectivity index is 0.00000272. The van der Waals surface area contributed by atoms with Crippen LogP contribution in [0.3, 0.4) is 0 Å². The third-order valence-corrected chi connectivity index (χ3v) is 6.31. The lowest BCUT2D eigenvalue weighted by Crippen LogP contribution is -2.47. The van der Waals surface area contributed by atoms with Crippen molar-refractivity contribution >= 4 is 47.4 Å². The van der Waals surface area contributed by atoms with Gasteiger partial charge in [-0.25, -0.2) is 4.98 Å². The smallest absolute Gasteiger partial charge is 0.191 e. The zero-order chi connectivity index (χ0) is 20.8. The Morgan fingerprint density at radius 1 is 1.16 bits per heavy atom. The number of nitrogens with zero attached hydrogens (tertiary/aromatic N) is 4. The minimum Gasteiger partial charge on any atom is -0.354 e. The molecule has 0 saturated carbocycles. The van der Waals surface area contributed by atoms with Gasteiger partial charge in [0.25, 0.3) is 0 Å². The molecule has 0 amide bonds. The molecule has 6 nitrogen and oxygen atoms in total. The maximum atomic E-state index is 6.32. The summed E-state index contributed by atoms with van der Waals surface area (Å²) in [4.78, 5) is 13.7. The Hall–Kier alpha value is -1.58. The molecule has 0 bridgehead atoms. The first-order valence-electron chi connectivity index (χ1n) is 10.9. The number of aliphatic imine (C=N–C) groups is 1. The van der Waals surface area contributed by atoms with E-state index in [0.29, 0.717) is 17.1 Å². The molecule has 3 heterocycles. The van der Waals surface area contributed by atoms with Crippen LogP contribution >= 0.6 is 35.6 Å². The molecule has 0 spiro atoms. The van der Waals surface area contributed by atoms with Crippen molar-refractivity contribution < 1.29 is 0 Å². The molecule has 8 heteroatoms. The first-order chi connectivity index (χ1) is 14.7. The van der Waals surface area contributed by atoms with Gasteiger partial charge in [0, 0.05) is 38.9 Å². The first kappa shape index (κ1) is 24.1. The summed E-state index contributed by atoms with van der Waals surface area (Å²) in [6.45, 7) is 4.97. The van der Waals surface area contributed by atoms with Gasteiger partial charge in [-0.15, -0.1) is 24.0 Å². The lowest BCUT2D eigenvalue weighted by molar-refractivity contribution is 0.245. The molecule has 2 aliphatic heterocycles. The number of aromatic nitrogens is 1. The van der Waals surface area contributed by atoms with Gasteiger partial charge in [0.05, 0.1) is 11.1 Å². The van der Waals surface area contributed by atoms with Crippen molar-refractivity contribution in [3.63, 3.8) is 0 Å². The molecule has 168 valence electrons. The van der Waals surface area contributed by atoms with Crippen molar-refractivity contribution in [3.05, 3.63) is 59.2 Å². The highest BCUT2D eigenvalue weighted by atomic mass is 127. The topological polar surface area (TPSA) is 55.8 Å². The number of nitrogens with one attached hydrogen (secondary N) is 2. The molecule has 1 aromatic carbocycles. The molecular weight excluding hydrogens is 523 g/mol. The molecule has 0 radical (unpaired) electrons. The monoisotopic (exact) mass is 554 g/mol. The molecule has 31 heavy (non-hydrogen) atoms. The van der Waals surface area contributed by atoms with Crippen LogP contribution in [-0.2, 0) is 0 Å². The molecule has 2 saturated heterocycles. The Morgan fingerprint density at radius 2 is 1.94 bits per heavy atom. The highest BCUT2D eigenvalue weighted by Gasteiger charge is 2.27. The summed E-state index contributed by atoms with van der Waals surface area (Å²) in [5.74, 6) is 1.72. The Bertz CT molecular complexity index is 843. The molecule has 0 aliphatic carbocycles. The van der Waals surface area contributed by atoms with Gasteiger partial charge < -0.3 is 15.5 Å². The van der Waals surface area contributed by atoms with Gasteiger partial charge in [0.15, 0.2) is 5.96 Å². The number of guanidine groups is 1. The van der Waals surface area contributed by atoms with Gasteiger partial charge in [-0.05, 0) is 50.0 Å². The average Bonchev–Trinajstić information content (AvgIpc) is 3.47. The number of likely N-dealkylation sites (tertiary alicyclic amines) is 1. The summed E-state index contributed by atoms with van der Waals surface area (Å²) in [6, 6.07) is 15.2. The van der Waals surface area contributed by atoms with Gasteiger partial charge >= 0.3 is 0 Å². The van der Waals surface area contributed by atoms with Gasteiger partial charge in [-0.3, -0.25) is 9.89 Å². The van der Waals surface area contributed by atoms with E-state index in [2.05, 4.69) is 60.7 Å². The maximum absolute atomic E-state index is 6.32. The van der Waals surface area contributed by atoms with Crippen LogP contribution < -0.4 is 15.5 Å². The van der Waals surface area contributed by atoms with Crippen LogP contribution in [-0.4, -0.2) is 61.7 Å². The summed E-state index contributed by atoms with van der Waals surface area (Å²) < 4.78 is 0. The number of benzene rings is 1. The second kappa shape index (κ2) is 11.9. The van der Waals surface area contributed by atoms with E-state index in [9.17, 15) is 0 Å². The summed E-state index contributed by atoms with van der Waals surface area (Å²) >= 11 is 6.32. The van der Waals surface area contributed by atoms with Crippen LogP contribution in [0.15, 0.2) is 53.7 Å². The van der Waals surface area contributed by atoms with Crippen LogP contribution in [0.2, 0.25) is 5.02 Å². The molecule has 4 rings (SSSR count). The van der Waals surface area contributed by atoms with E-state index in [1.54, 1.807) is 6.20 Å². The fraction of sp³-hybridized carbons (Fsp3) is 0.478. The zero-order valence-electron chi connectivity index (χ0n) is 18.0. The van der Waals surface area contributed by atoms with E-state index in [1.807, 2.05) is 19.2 Å². The van der Waals surface area contributed by atoms with Crippen molar-refractivity contribution in [2.75, 3.05) is 44.7 Å². The van der Waals surface area contributed by atoms with Crippen molar-refractivity contribution in [1.82, 2.24) is 20.5 Å². The molecule has 2 N–H and O–H groups in total. The predicted molar refractivity (Wildman–Crippen MR) is 140 cm³/mol. The lowest BCUT2D eigenvalue weighted by Gasteiger charge is -2.29. The van der Waals surface area contributed by atoms with Crippen LogP contribution in [0.5, 0.6) is 0 Å². The van der Waals surface area contributed by atoms with Crippen LogP contribution in [0.25, 0.3) is 0 Å². The maximum Gasteiger partial charge on any atom is 0.191 e. The van der Waals surface area contributed by atoms with E-state index < -0.39 is 0 Å². The highest BCUT2D eigenvalue weighted by molar-refractivity contribution is 14.0. The fourth-order valence-electron chi connectivity index (χ4n) is 4.45. The number of hydrogen-bond donors (Lipinski definition) is 2. The third-order valence-electron chi connectivity index (χ3n) is 6.02. The number of hydrogen-bond acceptors (Lipinski definition) is 4. The summed E-state index contributed by atoms with van der Waals surface area (Å²) in [5.41, 5.74) is 1.36. The van der Waals surface area contributed by atoms with Crippen LogP contribution in [0.4, 0.5) is 5.82 Å². The molecule has 2 fully saturated rings. The lowest BCUT2D eigenvalue weighted by atomic mass is 10.1. The van der Waals surface area contributed by atoms with Crippen molar-refractivity contribution in [3.8, 4) is 0 Å². The second-order valence-corrected chi connectivity index (χ2v) is 8.41. The minimum absolute atomic E-state index is 0. The zero-order valence-corrected chi connectivity index (χ0v) is 21.1. The fourth-order valence-corrected chi connectivity index (χ4v) is 4.69. The number of halogens is 2. The van der Waals surface area contributed by atoms with Crippen molar-refractivity contribution in [2.45, 2.75) is 31.3 Å². The molecule has 1 aromatic heterocycles. The standard InChI is InChI=1S/C23H31ClN6.HI/c1-25-23(28-19-11-15-30(17-19)22-20(24)10-7-12-26-22)27-16-21(29-13-5-6-14-29)18-8-3-2-4-9-18;/h2-4,7-10,12,19,21H,5-6,11,13-17H2,1H3,(H2,25,27,28);1H. The molecule has 2 aliphatic rings. The van der Waals surface area contributed by atoms with Crippen molar-refractivity contribution in [1.29, 1.82) is 0 Å². The van der Waals surface area contributed by atoms with E-state index in [0.717, 1.165) is 50.9 Å². The first-order valence-corrected chi connectivity index (χ1v) is 11.2. The van der Waals surface area contributed by atoms with Crippen LogP contribution in [0, 0.1) is 0 Å². The van der Waals surface area contributed by atoms with E-state index >= 15 is 0 Å². The van der Waals surface area contributed by atoms with Crippen LogP contribution in [0.1, 0.15) is 30.9 Å². The van der Waals surface area contributed by atoms with Gasteiger partial charge in [-0.2, -0.15) is 0 Å². The Labute approximate surface area is 207 Å². The minimum atomic E-state index is 0. The molecular formula is C23H32ClIN6. The summed E-state index contributed by atoms with van der Waals surface area (Å²) in [6.07, 6.45) is 5.39. The normalized spacial score (nSPS) is 20.4. The summed E-state index contributed by atoms with van der Waals surface area (Å²) in [7, 11) is 1.84. The van der Waals surface area contributed by atoms with Gasteiger partial charge in [0.1, 0.15) is 5.82 Å². The molecule has 2 unspecified atom stereocenters. The molecule has 2 aromatic rings. The summed E-state index contributed by atoms with van der Waals surface area (Å²) in [5, 5.41) is 7.87. The van der Waals surface area contributed by atoms with Gasteiger partial charge in [-0.1, -0.05) is 41.9 Å². The third kappa shape index (κ3) is 6.23. The quantitative estimate of drug-likeness (QED) is 0.322. The van der Waals surface area contributed by atoms with Gasteiger partial charge in [0.2, 0.25) is 0 Å². The van der Waals surface area contributed by atoms with E-state index in [1.165, 1.54) is 18.4 Å². The van der Waals surface area contributed by atoms with Crippen molar-refractivity contribution in [2.24, 2.45) is 4.99 Å². The predicted octanol–water partition coefficient (Wildman–Crippen LogP) is 3.93. The largest absolute Gasteiger partial charge is 0.354 e. The number of rotatable bonds is 6. The molecule has 2 atom stereocenters.